The Morgan fingerprint density at radius 2 is 1.75 bits per heavy atom. The number of rotatable bonds is 8. The van der Waals surface area contributed by atoms with Crippen molar-refractivity contribution < 1.29 is 14.3 Å². The second kappa shape index (κ2) is 9.52. The van der Waals surface area contributed by atoms with Crippen LogP contribution in [-0.4, -0.2) is 51.2 Å². The van der Waals surface area contributed by atoms with Gasteiger partial charge in [0, 0.05) is 18.2 Å². The number of hydrogen-bond donors (Lipinski definition) is 1. The van der Waals surface area contributed by atoms with E-state index in [9.17, 15) is 4.79 Å². The molecule has 1 heterocycles. The summed E-state index contributed by atoms with van der Waals surface area (Å²) in [5.74, 6) is 2.04. The number of carbonyl (C=O) groups is 1. The zero-order valence-corrected chi connectivity index (χ0v) is 15.1. The van der Waals surface area contributed by atoms with Crippen molar-refractivity contribution in [3.63, 3.8) is 0 Å². The van der Waals surface area contributed by atoms with Crippen LogP contribution in [0.15, 0.2) is 18.2 Å². The van der Waals surface area contributed by atoms with E-state index in [1.54, 1.807) is 32.4 Å². The summed E-state index contributed by atoms with van der Waals surface area (Å²) in [5.41, 5.74) is 0.566. The van der Waals surface area contributed by atoms with E-state index in [1.807, 2.05) is 0 Å². The molecule has 1 aromatic rings. The standard InChI is InChI=1S/C19H30N2O3/c1-15-6-10-21(11-7-15)9-5-4-8-20-19(22)16-12-17(23-2)14-18(13-16)24-3/h12-15H,4-11H2,1-3H3,(H,20,22). The van der Waals surface area contributed by atoms with Crippen LogP contribution in [0.5, 0.6) is 11.5 Å². The fourth-order valence-electron chi connectivity index (χ4n) is 2.99. The minimum absolute atomic E-state index is 0.0843. The third-order valence-corrected chi connectivity index (χ3v) is 4.68. The number of nitrogens with zero attached hydrogens (tertiary/aromatic N) is 1. The first-order chi connectivity index (χ1) is 11.6. The molecule has 1 amide bonds. The highest BCUT2D eigenvalue weighted by Gasteiger charge is 2.15. The highest BCUT2D eigenvalue weighted by atomic mass is 16.5. The largest absolute Gasteiger partial charge is 0.497 e. The maximum Gasteiger partial charge on any atom is 0.251 e. The Hall–Kier alpha value is -1.75. The second-order valence-electron chi connectivity index (χ2n) is 6.59. The number of methoxy groups -OCH3 is 2. The van der Waals surface area contributed by atoms with Crippen LogP contribution in [0.3, 0.4) is 0 Å². The minimum Gasteiger partial charge on any atom is -0.497 e. The van der Waals surface area contributed by atoms with Gasteiger partial charge >= 0.3 is 0 Å². The molecule has 1 saturated heterocycles. The number of ether oxygens (including phenoxy) is 2. The molecule has 0 saturated carbocycles. The van der Waals surface area contributed by atoms with Gasteiger partial charge in [-0.3, -0.25) is 4.79 Å². The lowest BCUT2D eigenvalue weighted by atomic mass is 9.99. The number of benzene rings is 1. The van der Waals surface area contributed by atoms with Gasteiger partial charge in [-0.2, -0.15) is 0 Å². The van der Waals surface area contributed by atoms with Gasteiger partial charge in [0.1, 0.15) is 11.5 Å². The van der Waals surface area contributed by atoms with Crippen LogP contribution in [0, 0.1) is 5.92 Å². The summed E-state index contributed by atoms with van der Waals surface area (Å²) in [6.45, 7) is 6.60. The monoisotopic (exact) mass is 334 g/mol. The lowest BCUT2D eigenvalue weighted by molar-refractivity contribution is 0.0951. The summed E-state index contributed by atoms with van der Waals surface area (Å²) in [5, 5.41) is 2.98. The van der Waals surface area contributed by atoms with Crippen molar-refractivity contribution in [3.8, 4) is 11.5 Å². The van der Waals surface area contributed by atoms with Crippen LogP contribution in [0.25, 0.3) is 0 Å². The summed E-state index contributed by atoms with van der Waals surface area (Å²) in [6, 6.07) is 5.22. The van der Waals surface area contributed by atoms with Crippen molar-refractivity contribution in [1.29, 1.82) is 0 Å². The van der Waals surface area contributed by atoms with Crippen LogP contribution in [0.2, 0.25) is 0 Å². The van der Waals surface area contributed by atoms with Gasteiger partial charge in [0.05, 0.1) is 14.2 Å². The van der Waals surface area contributed by atoms with E-state index >= 15 is 0 Å². The Morgan fingerprint density at radius 3 is 2.33 bits per heavy atom. The van der Waals surface area contributed by atoms with Crippen LogP contribution in [0.1, 0.15) is 43.0 Å². The Kier molecular flexibility index (Phi) is 7.37. The Morgan fingerprint density at radius 1 is 1.12 bits per heavy atom. The second-order valence-corrected chi connectivity index (χ2v) is 6.59. The van der Waals surface area contributed by atoms with Crippen LogP contribution in [0.4, 0.5) is 0 Å². The number of carbonyl (C=O) groups excluding carboxylic acids is 1. The minimum atomic E-state index is -0.0843. The lowest BCUT2D eigenvalue weighted by Crippen LogP contribution is -2.34. The average molecular weight is 334 g/mol. The first-order valence-corrected chi connectivity index (χ1v) is 8.86. The molecule has 0 spiro atoms. The topological polar surface area (TPSA) is 50.8 Å². The molecule has 1 N–H and O–H groups in total. The van der Waals surface area contributed by atoms with Crippen molar-refractivity contribution in [2.24, 2.45) is 5.92 Å². The molecule has 2 rings (SSSR count). The summed E-state index contributed by atoms with van der Waals surface area (Å²) < 4.78 is 10.4. The van der Waals surface area contributed by atoms with Gasteiger partial charge in [-0.25, -0.2) is 0 Å². The number of hydrogen-bond acceptors (Lipinski definition) is 4. The van der Waals surface area contributed by atoms with Gasteiger partial charge in [-0.05, 0) is 63.4 Å². The van der Waals surface area contributed by atoms with Crippen LogP contribution < -0.4 is 14.8 Å². The third kappa shape index (κ3) is 5.71. The smallest absolute Gasteiger partial charge is 0.251 e. The van der Waals surface area contributed by atoms with E-state index in [1.165, 1.54) is 25.9 Å². The van der Waals surface area contributed by atoms with E-state index < -0.39 is 0 Å². The van der Waals surface area contributed by atoms with Crippen molar-refractivity contribution in [2.45, 2.75) is 32.6 Å². The molecule has 5 heteroatoms. The molecule has 1 aromatic carbocycles. The molecule has 0 aliphatic carbocycles. The van der Waals surface area contributed by atoms with Crippen molar-refractivity contribution in [2.75, 3.05) is 40.4 Å². The molecule has 0 aromatic heterocycles. The average Bonchev–Trinajstić information content (AvgIpc) is 2.62. The zero-order chi connectivity index (χ0) is 17.4. The predicted octanol–water partition coefficient (Wildman–Crippen LogP) is 2.95. The third-order valence-electron chi connectivity index (χ3n) is 4.68. The number of nitrogens with one attached hydrogen (secondary N) is 1. The first kappa shape index (κ1) is 18.6. The molecule has 5 nitrogen and oxygen atoms in total. The predicted molar refractivity (Wildman–Crippen MR) is 96.0 cm³/mol. The summed E-state index contributed by atoms with van der Waals surface area (Å²) in [6.07, 6.45) is 4.75. The van der Waals surface area contributed by atoms with Crippen molar-refractivity contribution in [3.05, 3.63) is 23.8 Å². The quantitative estimate of drug-likeness (QED) is 0.743. The fraction of sp³-hybridized carbons (Fsp3) is 0.632. The van der Waals surface area contributed by atoms with Gasteiger partial charge in [0.25, 0.3) is 5.91 Å². The maximum absolute atomic E-state index is 12.2. The number of piperidine rings is 1. The SMILES string of the molecule is COc1cc(OC)cc(C(=O)NCCCCN2CCC(C)CC2)c1. The summed E-state index contributed by atoms with van der Waals surface area (Å²) >= 11 is 0. The van der Waals surface area contributed by atoms with Crippen molar-refractivity contribution in [1.82, 2.24) is 10.2 Å². The van der Waals surface area contributed by atoms with Crippen molar-refractivity contribution >= 4 is 5.91 Å². The highest BCUT2D eigenvalue weighted by molar-refractivity contribution is 5.95. The number of amides is 1. The Bertz CT molecular complexity index is 503. The maximum atomic E-state index is 12.2. The van der Waals surface area contributed by atoms with E-state index in [0.717, 1.165) is 25.3 Å². The van der Waals surface area contributed by atoms with E-state index in [4.69, 9.17) is 9.47 Å². The van der Waals surface area contributed by atoms with Crippen LogP contribution >= 0.6 is 0 Å². The molecular formula is C19H30N2O3. The van der Waals surface area contributed by atoms with E-state index in [-0.39, 0.29) is 5.91 Å². The lowest BCUT2D eigenvalue weighted by Gasteiger charge is -2.30. The molecule has 0 atom stereocenters. The molecule has 24 heavy (non-hydrogen) atoms. The van der Waals surface area contributed by atoms with E-state index in [0.29, 0.717) is 23.6 Å². The van der Waals surface area contributed by atoms with E-state index in [2.05, 4.69) is 17.1 Å². The molecule has 1 aliphatic rings. The Balaban J connectivity index is 1.69. The zero-order valence-electron chi connectivity index (χ0n) is 15.1. The number of likely N-dealkylation sites (tertiary alicyclic amines) is 1. The molecule has 134 valence electrons. The molecule has 0 radical (unpaired) electrons. The number of unbranched alkanes of at least 4 members (excludes halogenated alkanes) is 1. The summed E-state index contributed by atoms with van der Waals surface area (Å²) in [4.78, 5) is 14.8. The van der Waals surface area contributed by atoms with Gasteiger partial charge < -0.3 is 19.7 Å². The molecular weight excluding hydrogens is 304 g/mol. The molecule has 0 unspecified atom stereocenters. The van der Waals surface area contributed by atoms with Crippen LogP contribution in [-0.2, 0) is 0 Å². The normalized spacial score (nSPS) is 16.0. The molecule has 1 aliphatic heterocycles. The Labute approximate surface area is 145 Å². The van der Waals surface area contributed by atoms with Gasteiger partial charge in [0.2, 0.25) is 0 Å². The fourth-order valence-corrected chi connectivity index (χ4v) is 2.99. The van der Waals surface area contributed by atoms with Gasteiger partial charge in [-0.15, -0.1) is 0 Å². The van der Waals surface area contributed by atoms with Gasteiger partial charge in [0.15, 0.2) is 0 Å². The highest BCUT2D eigenvalue weighted by Crippen LogP contribution is 2.22. The molecule has 1 fully saturated rings. The first-order valence-electron chi connectivity index (χ1n) is 8.86. The van der Waals surface area contributed by atoms with Gasteiger partial charge in [-0.1, -0.05) is 6.92 Å². The molecule has 0 bridgehead atoms. The summed E-state index contributed by atoms with van der Waals surface area (Å²) in [7, 11) is 3.16.